The Morgan fingerprint density at radius 3 is 1.77 bits per heavy atom. The van der Waals surface area contributed by atoms with Crippen molar-refractivity contribution in [2.45, 2.75) is 50.1 Å². The average molecular weight is 486 g/mol. The normalized spacial score (nSPS) is 13.0. The Bertz CT molecular complexity index is 562. The molecule has 1 atom stereocenters. The molecule has 0 heterocycles. The third-order valence-electron chi connectivity index (χ3n) is 2.93. The second kappa shape index (κ2) is 14.5. The van der Waals surface area contributed by atoms with Crippen LogP contribution in [0.1, 0.15) is 19.3 Å². The molecule has 170 valence electrons. The maximum atomic E-state index is 12.8. The summed E-state index contributed by atoms with van der Waals surface area (Å²) in [6, 6.07) is 0. The van der Waals surface area contributed by atoms with E-state index < -0.39 is 81.4 Å². The molecule has 16 heteroatoms. The minimum Gasteiger partial charge on any atom is -0.550 e. The van der Waals surface area contributed by atoms with E-state index in [4.69, 9.17) is 4.74 Å². The molecular formula is C14H15F8KO7. The van der Waals surface area contributed by atoms with Gasteiger partial charge < -0.3 is 24.1 Å². The van der Waals surface area contributed by atoms with Crippen LogP contribution in [0.25, 0.3) is 0 Å². The Morgan fingerprint density at radius 1 is 0.867 bits per heavy atom. The fraction of sp³-hybridized carbons (Fsp3) is 0.786. The van der Waals surface area contributed by atoms with Crippen LogP contribution in [0.5, 0.6) is 0 Å². The van der Waals surface area contributed by atoms with Gasteiger partial charge in [0.05, 0.1) is 6.42 Å². The molecule has 30 heavy (non-hydrogen) atoms. The number of ether oxygens (including phenoxy) is 3. The van der Waals surface area contributed by atoms with Crippen LogP contribution in [0, 0.1) is 0 Å². The molecule has 0 aliphatic heterocycles. The minimum atomic E-state index is -4.74. The van der Waals surface area contributed by atoms with Gasteiger partial charge in [-0.3, -0.25) is 4.79 Å². The number of carboxylic acids is 1. The molecule has 1 unspecified atom stereocenters. The number of carbonyl (C=O) groups is 3. The van der Waals surface area contributed by atoms with Gasteiger partial charge in [0, 0.05) is 12.6 Å². The van der Waals surface area contributed by atoms with Crippen LogP contribution in [0.3, 0.4) is 0 Å². The summed E-state index contributed by atoms with van der Waals surface area (Å²) in [7, 11) is 0. The first-order valence-electron chi connectivity index (χ1n) is 7.64. The number of alkyl halides is 8. The van der Waals surface area contributed by atoms with Crippen molar-refractivity contribution in [2.24, 2.45) is 0 Å². The van der Waals surface area contributed by atoms with Crippen molar-refractivity contribution in [1.29, 1.82) is 0 Å². The Kier molecular flexibility index (Phi) is 15.3. The number of hydrogen-bond donors (Lipinski definition) is 0. The van der Waals surface area contributed by atoms with Crippen LogP contribution in [0.4, 0.5) is 35.1 Å². The van der Waals surface area contributed by atoms with Crippen molar-refractivity contribution in [1.82, 2.24) is 0 Å². The standard InChI is InChI=1S/C14H16F8O7.K/c15-11(16)13(19,20)5-28-9(25)4-7(27-3-1-2-8(23)24)10(26)29-6-14(21,22)12(17)18;/h7,11-12H,1-6H2,(H,23,24);/q;+1/p-1. The fourth-order valence-electron chi connectivity index (χ4n) is 1.43. The maximum Gasteiger partial charge on any atom is 1.00 e. The van der Waals surface area contributed by atoms with Crippen molar-refractivity contribution >= 4 is 17.9 Å². The second-order valence-electron chi connectivity index (χ2n) is 5.43. The number of hydrogen-bond acceptors (Lipinski definition) is 7. The molecule has 0 aromatic rings. The summed E-state index contributed by atoms with van der Waals surface area (Å²) in [6.45, 7) is -4.78. The number of rotatable bonds is 14. The number of carboxylic acid groups (broad SMARTS) is 1. The van der Waals surface area contributed by atoms with Gasteiger partial charge in [-0.05, 0) is 12.8 Å². The molecule has 7 nitrogen and oxygen atoms in total. The van der Waals surface area contributed by atoms with Gasteiger partial charge in [-0.15, -0.1) is 0 Å². The van der Waals surface area contributed by atoms with Crippen LogP contribution >= 0.6 is 0 Å². The molecule has 0 rings (SSSR count). The van der Waals surface area contributed by atoms with Crippen molar-refractivity contribution in [3.63, 3.8) is 0 Å². The van der Waals surface area contributed by atoms with E-state index in [0.717, 1.165) is 0 Å². The fourth-order valence-corrected chi connectivity index (χ4v) is 1.43. The number of carbonyl (C=O) groups excluding carboxylic acids is 3. The Balaban J connectivity index is 0. The molecule has 0 radical (unpaired) electrons. The van der Waals surface area contributed by atoms with Gasteiger partial charge in [-0.1, -0.05) is 0 Å². The van der Waals surface area contributed by atoms with E-state index in [9.17, 15) is 54.6 Å². The molecule has 0 N–H and O–H groups in total. The summed E-state index contributed by atoms with van der Waals surface area (Å²) in [5, 5.41) is 10.2. The summed E-state index contributed by atoms with van der Waals surface area (Å²) in [6.07, 6.45) is -12.7. The van der Waals surface area contributed by atoms with Gasteiger partial charge >= 0.3 is 88.0 Å². The zero-order valence-electron chi connectivity index (χ0n) is 15.4. The van der Waals surface area contributed by atoms with Gasteiger partial charge in [0.1, 0.15) is 0 Å². The summed E-state index contributed by atoms with van der Waals surface area (Å²) in [4.78, 5) is 33.3. The molecule has 0 fully saturated rings. The van der Waals surface area contributed by atoms with Crippen molar-refractivity contribution in [3.8, 4) is 0 Å². The molecule has 0 saturated carbocycles. The molecule has 0 spiro atoms. The SMILES string of the molecule is O=C([O-])CCCOC(CC(=O)OCC(F)(F)C(F)F)C(=O)OCC(F)(F)C(F)F.[K+]. The van der Waals surface area contributed by atoms with Crippen LogP contribution in [0.2, 0.25) is 0 Å². The van der Waals surface area contributed by atoms with Crippen LogP contribution in [-0.2, 0) is 28.6 Å². The van der Waals surface area contributed by atoms with Gasteiger partial charge in [-0.25, -0.2) is 22.4 Å². The zero-order valence-corrected chi connectivity index (χ0v) is 18.5. The molecule has 0 aromatic carbocycles. The van der Waals surface area contributed by atoms with Crippen LogP contribution in [-0.4, -0.2) is 68.5 Å². The largest absolute Gasteiger partial charge is 1.00 e. The van der Waals surface area contributed by atoms with E-state index in [2.05, 4.69) is 9.47 Å². The molecule has 0 saturated heterocycles. The molecule has 0 aromatic heterocycles. The van der Waals surface area contributed by atoms with E-state index in [-0.39, 0.29) is 57.8 Å². The quantitative estimate of drug-likeness (QED) is 0.123. The third-order valence-corrected chi connectivity index (χ3v) is 2.93. The van der Waals surface area contributed by atoms with E-state index >= 15 is 0 Å². The predicted molar refractivity (Wildman–Crippen MR) is 72.4 cm³/mol. The summed E-state index contributed by atoms with van der Waals surface area (Å²) >= 11 is 0. The predicted octanol–water partition coefficient (Wildman–Crippen LogP) is -1.82. The minimum absolute atomic E-state index is 0. The van der Waals surface area contributed by atoms with Gasteiger partial charge in [0.2, 0.25) is 0 Å². The molecule has 0 amide bonds. The number of halogens is 8. The maximum absolute atomic E-state index is 12.8. The summed E-state index contributed by atoms with van der Waals surface area (Å²) < 4.78 is 111. The number of esters is 2. The van der Waals surface area contributed by atoms with Crippen LogP contribution < -0.4 is 56.5 Å². The first-order chi connectivity index (χ1) is 13.2. The van der Waals surface area contributed by atoms with Gasteiger partial charge in [0.25, 0.3) is 0 Å². The number of aliphatic carboxylic acids is 1. The van der Waals surface area contributed by atoms with E-state index in [1.165, 1.54) is 0 Å². The summed E-state index contributed by atoms with van der Waals surface area (Å²) in [5.74, 6) is -14.5. The molecule has 0 aliphatic rings. The van der Waals surface area contributed by atoms with Crippen molar-refractivity contribution in [2.75, 3.05) is 19.8 Å². The Morgan fingerprint density at radius 2 is 1.33 bits per heavy atom. The van der Waals surface area contributed by atoms with Crippen molar-refractivity contribution < 1.29 is 120 Å². The average Bonchev–Trinajstić information content (AvgIpc) is 2.60. The first kappa shape index (κ1) is 31.6. The molecule has 0 bridgehead atoms. The zero-order chi connectivity index (χ0) is 22.8. The van der Waals surface area contributed by atoms with E-state index in [0.29, 0.717) is 0 Å². The third kappa shape index (κ3) is 13.0. The Hall–Kier alpha value is -0.554. The van der Waals surface area contributed by atoms with Gasteiger partial charge in [-0.2, -0.15) is 17.6 Å². The van der Waals surface area contributed by atoms with E-state index in [1.807, 2.05) is 0 Å². The van der Waals surface area contributed by atoms with Crippen molar-refractivity contribution in [3.05, 3.63) is 0 Å². The van der Waals surface area contributed by atoms with E-state index in [1.54, 1.807) is 0 Å². The monoisotopic (exact) mass is 486 g/mol. The smallest absolute Gasteiger partial charge is 0.550 e. The van der Waals surface area contributed by atoms with Crippen LogP contribution in [0.15, 0.2) is 0 Å². The molecular weight excluding hydrogens is 471 g/mol. The topological polar surface area (TPSA) is 102 Å². The second-order valence-corrected chi connectivity index (χ2v) is 5.43. The first-order valence-corrected chi connectivity index (χ1v) is 7.64. The van der Waals surface area contributed by atoms with Gasteiger partial charge in [0.15, 0.2) is 19.3 Å². The summed E-state index contributed by atoms with van der Waals surface area (Å²) in [5.41, 5.74) is 0. The Labute approximate surface area is 206 Å². The molecule has 0 aliphatic carbocycles.